The Hall–Kier alpha value is -2.29. The zero-order valence-electron chi connectivity index (χ0n) is 13.3. The SMILES string of the molecule is CC(C)(C)c1ccc(C(=O)Nc2ccc3c(c2)CCO3)cc1. The van der Waals surface area contributed by atoms with Crippen LogP contribution < -0.4 is 10.1 Å². The molecule has 1 aliphatic heterocycles. The Labute approximate surface area is 131 Å². The highest BCUT2D eigenvalue weighted by atomic mass is 16.5. The number of hydrogen-bond acceptors (Lipinski definition) is 2. The van der Waals surface area contributed by atoms with Gasteiger partial charge in [0.05, 0.1) is 6.61 Å². The molecule has 0 spiro atoms. The standard InChI is InChI=1S/C19H21NO2/c1-19(2,3)15-6-4-13(5-7-15)18(21)20-16-8-9-17-14(12-16)10-11-22-17/h4-9,12H,10-11H2,1-3H3,(H,20,21). The fourth-order valence-electron chi connectivity index (χ4n) is 2.59. The van der Waals surface area contributed by atoms with E-state index in [0.29, 0.717) is 5.56 Å². The maximum absolute atomic E-state index is 12.3. The number of amides is 1. The second-order valence-corrected chi connectivity index (χ2v) is 6.70. The first-order chi connectivity index (χ1) is 10.4. The molecule has 1 N–H and O–H groups in total. The molecular weight excluding hydrogens is 274 g/mol. The highest BCUT2D eigenvalue weighted by Crippen LogP contribution is 2.28. The van der Waals surface area contributed by atoms with Gasteiger partial charge in [-0.05, 0) is 46.9 Å². The average molecular weight is 295 g/mol. The molecule has 0 saturated heterocycles. The number of rotatable bonds is 2. The molecule has 0 fully saturated rings. The molecule has 3 nitrogen and oxygen atoms in total. The second-order valence-electron chi connectivity index (χ2n) is 6.70. The fourth-order valence-corrected chi connectivity index (χ4v) is 2.59. The van der Waals surface area contributed by atoms with Gasteiger partial charge < -0.3 is 10.1 Å². The Kier molecular flexibility index (Phi) is 3.65. The van der Waals surface area contributed by atoms with Crippen LogP contribution in [0.1, 0.15) is 42.3 Å². The Morgan fingerprint density at radius 3 is 2.50 bits per heavy atom. The molecule has 2 aromatic carbocycles. The molecule has 0 atom stereocenters. The lowest BCUT2D eigenvalue weighted by atomic mass is 9.87. The quantitative estimate of drug-likeness (QED) is 0.903. The van der Waals surface area contributed by atoms with E-state index in [1.54, 1.807) is 0 Å². The number of ether oxygens (including phenoxy) is 1. The molecule has 2 aromatic rings. The van der Waals surface area contributed by atoms with E-state index >= 15 is 0 Å². The molecule has 3 rings (SSSR count). The number of benzene rings is 2. The van der Waals surface area contributed by atoms with Gasteiger partial charge in [-0.2, -0.15) is 0 Å². The Morgan fingerprint density at radius 2 is 1.82 bits per heavy atom. The summed E-state index contributed by atoms with van der Waals surface area (Å²) in [7, 11) is 0. The third-order valence-electron chi connectivity index (χ3n) is 3.96. The van der Waals surface area contributed by atoms with E-state index in [9.17, 15) is 4.79 Å². The van der Waals surface area contributed by atoms with Gasteiger partial charge in [0.1, 0.15) is 5.75 Å². The van der Waals surface area contributed by atoms with Crippen LogP contribution in [0.4, 0.5) is 5.69 Å². The maximum Gasteiger partial charge on any atom is 0.255 e. The zero-order chi connectivity index (χ0) is 15.7. The normalized spacial score (nSPS) is 13.4. The van der Waals surface area contributed by atoms with Gasteiger partial charge in [0.15, 0.2) is 0 Å². The molecule has 1 aliphatic rings. The van der Waals surface area contributed by atoms with Gasteiger partial charge in [-0.15, -0.1) is 0 Å². The van der Waals surface area contributed by atoms with Crippen LogP contribution in [0, 0.1) is 0 Å². The van der Waals surface area contributed by atoms with E-state index in [1.807, 2.05) is 42.5 Å². The largest absolute Gasteiger partial charge is 0.493 e. The monoisotopic (exact) mass is 295 g/mol. The summed E-state index contributed by atoms with van der Waals surface area (Å²) < 4.78 is 5.48. The lowest BCUT2D eigenvalue weighted by Crippen LogP contribution is -2.14. The Bertz CT molecular complexity index is 696. The molecule has 3 heteroatoms. The molecule has 0 bridgehead atoms. The summed E-state index contributed by atoms with van der Waals surface area (Å²) in [6.45, 7) is 7.21. The highest BCUT2D eigenvalue weighted by Gasteiger charge is 2.15. The van der Waals surface area contributed by atoms with Crippen LogP contribution in [0.15, 0.2) is 42.5 Å². The predicted molar refractivity (Wildman–Crippen MR) is 88.7 cm³/mol. The lowest BCUT2D eigenvalue weighted by Gasteiger charge is -2.19. The minimum Gasteiger partial charge on any atom is -0.493 e. The van der Waals surface area contributed by atoms with E-state index in [4.69, 9.17) is 4.74 Å². The van der Waals surface area contributed by atoms with Crippen molar-refractivity contribution in [1.82, 2.24) is 0 Å². The minimum absolute atomic E-state index is 0.0840. The fraction of sp³-hybridized carbons (Fsp3) is 0.316. The highest BCUT2D eigenvalue weighted by molar-refractivity contribution is 6.04. The molecule has 114 valence electrons. The van der Waals surface area contributed by atoms with Crippen molar-refractivity contribution < 1.29 is 9.53 Å². The third kappa shape index (κ3) is 2.98. The van der Waals surface area contributed by atoms with Crippen molar-refractivity contribution in [3.05, 3.63) is 59.2 Å². The van der Waals surface area contributed by atoms with Gasteiger partial charge in [0.25, 0.3) is 5.91 Å². The van der Waals surface area contributed by atoms with Crippen LogP contribution in [-0.2, 0) is 11.8 Å². The first-order valence-corrected chi connectivity index (χ1v) is 7.61. The molecule has 0 aromatic heterocycles. The van der Waals surface area contributed by atoms with Crippen molar-refractivity contribution in [3.63, 3.8) is 0 Å². The zero-order valence-corrected chi connectivity index (χ0v) is 13.3. The number of carbonyl (C=O) groups excluding carboxylic acids is 1. The van der Waals surface area contributed by atoms with Gasteiger partial charge in [0.2, 0.25) is 0 Å². The van der Waals surface area contributed by atoms with Crippen molar-refractivity contribution in [2.24, 2.45) is 0 Å². The predicted octanol–water partition coefficient (Wildman–Crippen LogP) is 4.17. The third-order valence-corrected chi connectivity index (χ3v) is 3.96. The van der Waals surface area contributed by atoms with Gasteiger partial charge >= 0.3 is 0 Å². The topological polar surface area (TPSA) is 38.3 Å². The van der Waals surface area contributed by atoms with E-state index in [0.717, 1.165) is 30.0 Å². The van der Waals surface area contributed by atoms with Gasteiger partial charge in [-0.25, -0.2) is 0 Å². The van der Waals surface area contributed by atoms with Crippen LogP contribution in [-0.4, -0.2) is 12.5 Å². The molecule has 1 heterocycles. The molecule has 1 amide bonds. The van der Waals surface area contributed by atoms with Gasteiger partial charge in [-0.1, -0.05) is 32.9 Å². The molecule has 0 unspecified atom stereocenters. The van der Waals surface area contributed by atoms with Crippen molar-refractivity contribution in [1.29, 1.82) is 0 Å². The van der Waals surface area contributed by atoms with E-state index in [-0.39, 0.29) is 11.3 Å². The molecule has 0 aliphatic carbocycles. The molecule has 0 radical (unpaired) electrons. The summed E-state index contributed by atoms with van der Waals surface area (Å²) >= 11 is 0. The molecule has 0 saturated carbocycles. The van der Waals surface area contributed by atoms with E-state index < -0.39 is 0 Å². The number of nitrogens with one attached hydrogen (secondary N) is 1. The van der Waals surface area contributed by atoms with E-state index in [1.165, 1.54) is 5.56 Å². The number of anilines is 1. The average Bonchev–Trinajstić information content (AvgIpc) is 2.94. The molecule has 22 heavy (non-hydrogen) atoms. The van der Waals surface area contributed by atoms with Crippen LogP contribution in [0.3, 0.4) is 0 Å². The van der Waals surface area contributed by atoms with Gasteiger partial charge in [-0.3, -0.25) is 4.79 Å². The summed E-state index contributed by atoms with van der Waals surface area (Å²) in [4.78, 5) is 12.3. The van der Waals surface area contributed by atoms with Crippen LogP contribution in [0.25, 0.3) is 0 Å². The second kappa shape index (κ2) is 5.48. The molecular formula is C19H21NO2. The minimum atomic E-state index is -0.0840. The Morgan fingerprint density at radius 1 is 1.09 bits per heavy atom. The summed E-state index contributed by atoms with van der Waals surface area (Å²) in [6, 6.07) is 13.6. The number of hydrogen-bond donors (Lipinski definition) is 1. The van der Waals surface area contributed by atoms with Crippen molar-refractivity contribution in [2.75, 3.05) is 11.9 Å². The summed E-state index contributed by atoms with van der Waals surface area (Å²) in [5.74, 6) is 0.840. The number of carbonyl (C=O) groups is 1. The van der Waals surface area contributed by atoms with E-state index in [2.05, 4.69) is 26.1 Å². The van der Waals surface area contributed by atoms with Crippen LogP contribution >= 0.6 is 0 Å². The number of fused-ring (bicyclic) bond motifs is 1. The van der Waals surface area contributed by atoms with Crippen molar-refractivity contribution in [2.45, 2.75) is 32.6 Å². The maximum atomic E-state index is 12.3. The summed E-state index contributed by atoms with van der Waals surface area (Å²) in [5, 5.41) is 2.95. The van der Waals surface area contributed by atoms with Crippen molar-refractivity contribution in [3.8, 4) is 5.75 Å². The van der Waals surface area contributed by atoms with Crippen LogP contribution in [0.5, 0.6) is 5.75 Å². The first kappa shape index (κ1) is 14.6. The Balaban J connectivity index is 1.74. The summed E-state index contributed by atoms with van der Waals surface area (Å²) in [5.41, 5.74) is 3.95. The smallest absolute Gasteiger partial charge is 0.255 e. The van der Waals surface area contributed by atoms with Gasteiger partial charge in [0, 0.05) is 17.7 Å². The lowest BCUT2D eigenvalue weighted by molar-refractivity contribution is 0.102. The van der Waals surface area contributed by atoms with Crippen LogP contribution in [0.2, 0.25) is 0 Å². The summed E-state index contributed by atoms with van der Waals surface area (Å²) in [6.07, 6.45) is 0.902. The first-order valence-electron chi connectivity index (χ1n) is 7.61. The van der Waals surface area contributed by atoms with Crippen molar-refractivity contribution >= 4 is 11.6 Å².